The highest BCUT2D eigenvalue weighted by Crippen LogP contribution is 2.44. The van der Waals surface area contributed by atoms with Crippen molar-refractivity contribution in [2.75, 3.05) is 11.9 Å². The number of ketones is 1. The van der Waals surface area contributed by atoms with Crippen LogP contribution in [0.2, 0.25) is 0 Å². The van der Waals surface area contributed by atoms with Crippen LogP contribution < -0.4 is 5.32 Å². The number of halogens is 1. The molecule has 2 unspecified atom stereocenters. The molecular weight excluding hydrogens is 449 g/mol. The number of thioether (sulfide) groups is 1. The Morgan fingerprint density at radius 2 is 1.88 bits per heavy atom. The fraction of sp³-hybridized carbons (Fsp3) is 0.500. The van der Waals surface area contributed by atoms with Gasteiger partial charge in [0, 0.05) is 23.5 Å². The van der Waals surface area contributed by atoms with Crippen LogP contribution in [0.15, 0.2) is 41.3 Å². The summed E-state index contributed by atoms with van der Waals surface area (Å²) in [7, 11) is 0. The first kappa shape index (κ1) is 24.8. The molecule has 0 aliphatic carbocycles. The monoisotopic (exact) mass is 483 g/mol. The van der Waals surface area contributed by atoms with Gasteiger partial charge in [-0.1, -0.05) is 46.8 Å². The smallest absolute Gasteiger partial charge is 0.327 e. The number of anilines is 1. The average Bonchev–Trinajstić information content (AvgIpc) is 3.22. The topological polar surface area (TPSA) is 55.4 Å². The van der Waals surface area contributed by atoms with Gasteiger partial charge in [-0.3, -0.25) is 9.59 Å². The second-order valence-electron chi connectivity index (χ2n) is 10.8. The molecule has 2 aliphatic rings. The number of benzene rings is 2. The van der Waals surface area contributed by atoms with E-state index in [1.165, 1.54) is 29.5 Å². The standard InChI is InChI=1S/C28H34FNO3S/c1-17(2)28(12-10-18-6-8-20(29)9-7-18)16-23(31)25(26(32)33-28)34-24-14-19-11-13-30-22(19)15-21(24)27(3,4)5/h6-9,14-15,17,25,30H,10-13,16H2,1-5H3. The molecule has 0 spiro atoms. The molecular formula is C28H34FNO3S. The Kier molecular flexibility index (Phi) is 6.83. The maximum atomic E-state index is 13.4. The van der Waals surface area contributed by atoms with Gasteiger partial charge >= 0.3 is 5.97 Å². The van der Waals surface area contributed by atoms with Crippen LogP contribution in [0, 0.1) is 11.7 Å². The Bertz CT molecular complexity index is 1070. The Morgan fingerprint density at radius 3 is 2.50 bits per heavy atom. The number of aryl methyl sites for hydroxylation is 1. The van der Waals surface area contributed by atoms with Gasteiger partial charge in [-0.2, -0.15) is 0 Å². The molecule has 0 amide bonds. The SMILES string of the molecule is CC(C)C1(CCc2ccc(F)cc2)CC(=O)C(Sc2cc3c(cc2C(C)(C)C)NCC3)C(=O)O1. The lowest BCUT2D eigenvalue weighted by atomic mass is 9.78. The summed E-state index contributed by atoms with van der Waals surface area (Å²) < 4.78 is 19.4. The number of Topliss-reactive ketones (excluding diaryl/α,β-unsaturated/α-hetero) is 1. The number of hydrogen-bond acceptors (Lipinski definition) is 5. The lowest BCUT2D eigenvalue weighted by Gasteiger charge is -2.41. The first-order valence-corrected chi connectivity index (χ1v) is 12.9. The molecule has 182 valence electrons. The third-order valence-electron chi connectivity index (χ3n) is 7.05. The van der Waals surface area contributed by atoms with E-state index in [0.29, 0.717) is 12.8 Å². The average molecular weight is 484 g/mol. The van der Waals surface area contributed by atoms with E-state index < -0.39 is 16.8 Å². The summed E-state index contributed by atoms with van der Waals surface area (Å²) >= 11 is 1.34. The fourth-order valence-electron chi connectivity index (χ4n) is 4.82. The predicted molar refractivity (Wildman–Crippen MR) is 135 cm³/mol. The molecule has 2 aromatic rings. The number of carbonyl (C=O) groups is 2. The second-order valence-corrected chi connectivity index (χ2v) is 12.0. The van der Waals surface area contributed by atoms with Gasteiger partial charge < -0.3 is 10.1 Å². The van der Waals surface area contributed by atoms with Crippen LogP contribution in [0.4, 0.5) is 10.1 Å². The molecule has 1 saturated heterocycles. The quantitative estimate of drug-likeness (QED) is 0.398. The van der Waals surface area contributed by atoms with E-state index in [1.54, 1.807) is 12.1 Å². The third-order valence-corrected chi connectivity index (χ3v) is 8.34. The minimum Gasteiger partial charge on any atom is -0.457 e. The van der Waals surface area contributed by atoms with Crippen molar-refractivity contribution in [2.45, 2.75) is 81.5 Å². The number of cyclic esters (lactones) is 1. The van der Waals surface area contributed by atoms with E-state index in [0.717, 1.165) is 34.7 Å². The number of ether oxygens (including phenoxy) is 1. The zero-order valence-corrected chi connectivity index (χ0v) is 21.5. The Hall–Kier alpha value is -2.34. The molecule has 0 bridgehead atoms. The molecule has 0 aromatic heterocycles. The van der Waals surface area contributed by atoms with Gasteiger partial charge in [0.25, 0.3) is 0 Å². The lowest BCUT2D eigenvalue weighted by molar-refractivity contribution is -0.176. The first-order valence-electron chi connectivity index (χ1n) is 12.1. The summed E-state index contributed by atoms with van der Waals surface area (Å²) in [6.45, 7) is 11.3. The molecule has 1 fully saturated rings. The molecule has 2 aromatic carbocycles. The Labute approximate surface area is 206 Å². The summed E-state index contributed by atoms with van der Waals surface area (Å²) in [5.41, 5.74) is 3.50. The number of hydrogen-bond donors (Lipinski definition) is 1. The number of carbonyl (C=O) groups excluding carboxylic acids is 2. The van der Waals surface area contributed by atoms with Crippen LogP contribution in [0.5, 0.6) is 0 Å². The molecule has 4 nitrogen and oxygen atoms in total. The van der Waals surface area contributed by atoms with E-state index >= 15 is 0 Å². The van der Waals surface area contributed by atoms with E-state index in [1.807, 2.05) is 13.8 Å². The van der Waals surface area contributed by atoms with Crippen molar-refractivity contribution in [3.63, 3.8) is 0 Å². The number of nitrogens with one attached hydrogen (secondary N) is 1. The number of rotatable bonds is 6. The van der Waals surface area contributed by atoms with E-state index in [4.69, 9.17) is 4.74 Å². The molecule has 0 radical (unpaired) electrons. The molecule has 1 N–H and O–H groups in total. The van der Waals surface area contributed by atoms with Crippen molar-refractivity contribution in [1.82, 2.24) is 0 Å². The highest BCUT2D eigenvalue weighted by atomic mass is 32.2. The maximum absolute atomic E-state index is 13.4. The lowest BCUT2D eigenvalue weighted by Crippen LogP contribution is -2.52. The summed E-state index contributed by atoms with van der Waals surface area (Å²) in [6, 6.07) is 10.7. The van der Waals surface area contributed by atoms with Gasteiger partial charge in [0.2, 0.25) is 0 Å². The van der Waals surface area contributed by atoms with Crippen molar-refractivity contribution in [2.24, 2.45) is 5.92 Å². The third kappa shape index (κ3) is 5.02. The largest absolute Gasteiger partial charge is 0.457 e. The maximum Gasteiger partial charge on any atom is 0.327 e. The van der Waals surface area contributed by atoms with Crippen molar-refractivity contribution >= 4 is 29.2 Å². The summed E-state index contributed by atoms with van der Waals surface area (Å²) in [5.74, 6) is -0.818. The van der Waals surface area contributed by atoms with Gasteiger partial charge in [-0.25, -0.2) is 4.39 Å². The highest BCUT2D eigenvalue weighted by Gasteiger charge is 2.49. The van der Waals surface area contributed by atoms with E-state index in [-0.39, 0.29) is 29.4 Å². The van der Waals surface area contributed by atoms with Gasteiger partial charge in [0.05, 0.1) is 0 Å². The van der Waals surface area contributed by atoms with Crippen LogP contribution in [-0.2, 0) is 32.6 Å². The minimum atomic E-state index is -0.855. The molecule has 34 heavy (non-hydrogen) atoms. The van der Waals surface area contributed by atoms with Crippen molar-refractivity contribution in [3.05, 3.63) is 58.9 Å². The van der Waals surface area contributed by atoms with E-state index in [2.05, 4.69) is 38.2 Å². The number of esters is 1. The van der Waals surface area contributed by atoms with Crippen molar-refractivity contribution in [1.29, 1.82) is 0 Å². The van der Waals surface area contributed by atoms with Crippen LogP contribution in [0.25, 0.3) is 0 Å². The van der Waals surface area contributed by atoms with Gasteiger partial charge in [-0.15, -0.1) is 11.8 Å². The molecule has 2 atom stereocenters. The predicted octanol–water partition coefficient (Wildman–Crippen LogP) is 6.10. The zero-order chi connectivity index (χ0) is 24.7. The van der Waals surface area contributed by atoms with E-state index in [9.17, 15) is 14.0 Å². The van der Waals surface area contributed by atoms with Gasteiger partial charge in [0.1, 0.15) is 11.4 Å². The van der Waals surface area contributed by atoms with Crippen molar-refractivity contribution < 1.29 is 18.7 Å². The molecule has 4 rings (SSSR count). The normalized spacial score (nSPS) is 22.5. The van der Waals surface area contributed by atoms with Crippen LogP contribution in [0.3, 0.4) is 0 Å². The molecule has 2 heterocycles. The Morgan fingerprint density at radius 1 is 1.18 bits per heavy atom. The van der Waals surface area contributed by atoms with Crippen LogP contribution >= 0.6 is 11.8 Å². The first-order chi connectivity index (χ1) is 16.0. The fourth-order valence-corrected chi connectivity index (χ4v) is 6.13. The summed E-state index contributed by atoms with van der Waals surface area (Å²) in [6.07, 6.45) is 2.29. The van der Waals surface area contributed by atoms with Crippen LogP contribution in [0.1, 0.15) is 64.2 Å². The molecule has 0 saturated carbocycles. The molecule has 2 aliphatic heterocycles. The van der Waals surface area contributed by atoms with Crippen LogP contribution in [-0.4, -0.2) is 29.1 Å². The molecule has 6 heteroatoms. The van der Waals surface area contributed by atoms with Gasteiger partial charge in [0.15, 0.2) is 11.0 Å². The zero-order valence-electron chi connectivity index (χ0n) is 20.7. The summed E-state index contributed by atoms with van der Waals surface area (Å²) in [5, 5.41) is 2.57. The minimum absolute atomic E-state index is 0.0111. The second kappa shape index (κ2) is 9.37. The highest BCUT2D eigenvalue weighted by molar-refractivity contribution is 8.01. The Balaban J connectivity index is 1.55. The number of fused-ring (bicyclic) bond motifs is 1. The van der Waals surface area contributed by atoms with Gasteiger partial charge in [-0.05, 0) is 71.6 Å². The van der Waals surface area contributed by atoms with Crippen molar-refractivity contribution in [3.8, 4) is 0 Å². The summed E-state index contributed by atoms with van der Waals surface area (Å²) in [4.78, 5) is 27.6.